The lowest BCUT2D eigenvalue weighted by atomic mass is 9.50. The van der Waals surface area contributed by atoms with E-state index in [-0.39, 0.29) is 18.1 Å². The number of hydrogen-bond acceptors (Lipinski definition) is 8. The zero-order chi connectivity index (χ0) is 28.5. The van der Waals surface area contributed by atoms with Crippen molar-refractivity contribution >= 4 is 17.9 Å². The molecule has 1 aromatic heterocycles. The van der Waals surface area contributed by atoms with Crippen molar-refractivity contribution in [2.75, 3.05) is 6.61 Å². The van der Waals surface area contributed by atoms with Gasteiger partial charge in [0.25, 0.3) is 0 Å². The van der Waals surface area contributed by atoms with Gasteiger partial charge < -0.3 is 19.3 Å². The molecule has 0 bridgehead atoms. The topological polar surface area (TPSA) is 112 Å². The van der Waals surface area contributed by atoms with Crippen molar-refractivity contribution in [1.29, 1.82) is 0 Å². The molecule has 1 aliphatic heterocycles. The number of pyridine rings is 1. The molecule has 2 heterocycles. The molecule has 8 nitrogen and oxygen atoms in total. The van der Waals surface area contributed by atoms with E-state index in [4.69, 9.17) is 14.2 Å². The van der Waals surface area contributed by atoms with Crippen molar-refractivity contribution in [3.8, 4) is 0 Å². The number of carbonyl (C=O) groups excluding carboxylic acids is 3. The Bertz CT molecular complexity index is 1380. The normalized spacial score (nSPS) is 31.6. The van der Waals surface area contributed by atoms with Gasteiger partial charge in [-0.2, -0.15) is 0 Å². The van der Waals surface area contributed by atoms with Crippen molar-refractivity contribution in [2.45, 2.75) is 51.4 Å². The van der Waals surface area contributed by atoms with Crippen molar-refractivity contribution < 1.29 is 33.7 Å². The minimum absolute atomic E-state index is 0.156. The smallest absolute Gasteiger partial charge is 0.340 e. The van der Waals surface area contributed by atoms with Crippen LogP contribution in [0, 0.1) is 17.3 Å². The largest absolute Gasteiger partial charge is 0.458 e. The molecule has 1 saturated carbocycles. The van der Waals surface area contributed by atoms with Gasteiger partial charge in [0, 0.05) is 29.8 Å². The highest BCUT2D eigenvalue weighted by Crippen LogP contribution is 2.58. The number of aromatic nitrogens is 1. The van der Waals surface area contributed by atoms with Gasteiger partial charge in [-0.3, -0.25) is 4.98 Å². The number of aliphatic hydroxyl groups is 1. The lowest BCUT2D eigenvalue weighted by molar-refractivity contribution is -0.221. The monoisotopic (exact) mass is 543 g/mol. The lowest BCUT2D eigenvalue weighted by Crippen LogP contribution is -2.68. The van der Waals surface area contributed by atoms with Crippen LogP contribution in [0.25, 0.3) is 0 Å². The van der Waals surface area contributed by atoms with Gasteiger partial charge >= 0.3 is 17.9 Å². The Labute approximate surface area is 233 Å². The fraction of sp³-hybridized carbons (Fsp3) is 0.375. The zero-order valence-electron chi connectivity index (χ0n) is 22.8. The minimum Gasteiger partial charge on any atom is -0.458 e. The lowest BCUT2D eigenvalue weighted by Gasteiger charge is -2.59. The standard InChI is InChI=1S/C32H33NO7/c1-20-9-7-13-24-25(15-14-21-17-26(34)38-19-21)32(3,37)28(40-29(35)22-10-5-4-6-11-22)27(31(20,24)2)39-30(36)23-12-8-16-33-18-23/h4-6,8-12,14-18,24-25,27-28,37H,7,13,19H2,1-3H3/t24-,25-,27+,28+,31+,32-/m1/s1. The molecule has 40 heavy (non-hydrogen) atoms. The highest BCUT2D eigenvalue weighted by atomic mass is 16.6. The summed E-state index contributed by atoms with van der Waals surface area (Å²) in [5.41, 5.74) is -0.155. The third-order valence-electron chi connectivity index (χ3n) is 8.68. The first-order valence-corrected chi connectivity index (χ1v) is 13.4. The van der Waals surface area contributed by atoms with Crippen LogP contribution in [0.2, 0.25) is 0 Å². The third-order valence-corrected chi connectivity index (χ3v) is 8.68. The van der Waals surface area contributed by atoms with Gasteiger partial charge in [-0.15, -0.1) is 0 Å². The van der Waals surface area contributed by atoms with Crippen molar-refractivity contribution in [3.05, 3.63) is 101 Å². The highest BCUT2D eigenvalue weighted by Gasteiger charge is 2.65. The van der Waals surface area contributed by atoms with E-state index < -0.39 is 47.0 Å². The Kier molecular flexibility index (Phi) is 7.47. The first-order valence-electron chi connectivity index (χ1n) is 13.4. The predicted octanol–water partition coefficient (Wildman–Crippen LogP) is 4.62. The molecule has 0 spiro atoms. The number of rotatable bonds is 6. The van der Waals surface area contributed by atoms with E-state index in [0.29, 0.717) is 17.6 Å². The molecule has 5 rings (SSSR count). The maximum atomic E-state index is 13.4. The number of esters is 3. The summed E-state index contributed by atoms with van der Waals surface area (Å²) >= 11 is 0. The van der Waals surface area contributed by atoms with E-state index in [1.54, 1.807) is 61.7 Å². The number of allylic oxidation sites excluding steroid dienone is 1. The predicted molar refractivity (Wildman–Crippen MR) is 146 cm³/mol. The quantitative estimate of drug-likeness (QED) is 0.319. The Balaban J connectivity index is 1.60. The summed E-state index contributed by atoms with van der Waals surface area (Å²) in [5, 5.41) is 12.2. The van der Waals surface area contributed by atoms with Crippen LogP contribution in [0.5, 0.6) is 0 Å². The Hall–Kier alpha value is -4.04. The van der Waals surface area contributed by atoms with E-state index >= 15 is 0 Å². The van der Waals surface area contributed by atoms with Crippen LogP contribution in [-0.4, -0.2) is 52.4 Å². The van der Waals surface area contributed by atoms with Gasteiger partial charge in [-0.05, 0) is 62.4 Å². The van der Waals surface area contributed by atoms with E-state index in [2.05, 4.69) is 11.1 Å². The maximum absolute atomic E-state index is 13.4. The summed E-state index contributed by atoms with van der Waals surface area (Å²) in [6, 6.07) is 11.8. The molecule has 3 aliphatic rings. The molecule has 2 aliphatic carbocycles. The zero-order valence-corrected chi connectivity index (χ0v) is 22.8. The number of carbonyl (C=O) groups is 3. The summed E-state index contributed by atoms with van der Waals surface area (Å²) < 4.78 is 17.3. The van der Waals surface area contributed by atoms with Crippen LogP contribution >= 0.6 is 0 Å². The van der Waals surface area contributed by atoms with Crippen LogP contribution < -0.4 is 0 Å². The van der Waals surface area contributed by atoms with Gasteiger partial charge in [0.1, 0.15) is 12.2 Å². The van der Waals surface area contributed by atoms with E-state index in [9.17, 15) is 19.5 Å². The Morgan fingerprint density at radius 1 is 1.05 bits per heavy atom. The van der Waals surface area contributed by atoms with E-state index in [1.165, 1.54) is 12.3 Å². The first kappa shape index (κ1) is 27.5. The molecule has 0 unspecified atom stereocenters. The summed E-state index contributed by atoms with van der Waals surface area (Å²) in [6.45, 7) is 5.77. The molecule has 1 aromatic carbocycles. The second-order valence-corrected chi connectivity index (χ2v) is 11.1. The molecule has 0 amide bonds. The fourth-order valence-corrected chi connectivity index (χ4v) is 6.33. The summed E-state index contributed by atoms with van der Waals surface area (Å²) in [4.78, 5) is 42.4. The van der Waals surface area contributed by atoms with Crippen molar-refractivity contribution in [2.24, 2.45) is 17.3 Å². The molecule has 208 valence electrons. The number of hydrogen-bond donors (Lipinski definition) is 1. The Morgan fingerprint density at radius 3 is 2.42 bits per heavy atom. The SMILES string of the molecule is CC1=CCC[C@@H]2[C@@H](C=CC3=CC(=O)OC3)[C@@](C)(O)[C@@H](OC(=O)c3ccccc3)[C@H](OC(=O)c3cccnc3)[C@@]12C. The molecule has 2 aromatic rings. The number of nitrogens with zero attached hydrogens (tertiary/aromatic N) is 1. The average molecular weight is 544 g/mol. The van der Waals surface area contributed by atoms with Crippen LogP contribution in [-0.2, 0) is 19.0 Å². The molecular formula is C32H33NO7. The van der Waals surface area contributed by atoms with Crippen molar-refractivity contribution in [1.82, 2.24) is 4.98 Å². The van der Waals surface area contributed by atoms with E-state index in [1.807, 2.05) is 19.9 Å². The average Bonchev–Trinajstić information content (AvgIpc) is 3.37. The highest BCUT2D eigenvalue weighted by molar-refractivity contribution is 5.90. The molecule has 0 radical (unpaired) electrons. The van der Waals surface area contributed by atoms with Gasteiger partial charge in [-0.1, -0.05) is 48.9 Å². The molecule has 6 atom stereocenters. The van der Waals surface area contributed by atoms with E-state index in [0.717, 1.165) is 12.0 Å². The van der Waals surface area contributed by atoms with Crippen LogP contribution in [0.4, 0.5) is 0 Å². The summed E-state index contributed by atoms with van der Waals surface area (Å²) in [5.74, 6) is -2.32. The van der Waals surface area contributed by atoms with Gasteiger partial charge in [0.05, 0.1) is 11.1 Å². The number of ether oxygens (including phenoxy) is 3. The summed E-state index contributed by atoms with van der Waals surface area (Å²) in [6.07, 6.45) is 9.47. The van der Waals surface area contributed by atoms with Gasteiger partial charge in [-0.25, -0.2) is 14.4 Å². The Morgan fingerprint density at radius 2 is 1.75 bits per heavy atom. The number of benzene rings is 1. The fourth-order valence-electron chi connectivity index (χ4n) is 6.33. The molecular weight excluding hydrogens is 510 g/mol. The summed E-state index contributed by atoms with van der Waals surface area (Å²) in [7, 11) is 0. The third kappa shape index (κ3) is 4.99. The van der Waals surface area contributed by atoms with Gasteiger partial charge in [0.2, 0.25) is 0 Å². The molecule has 1 N–H and O–H groups in total. The maximum Gasteiger partial charge on any atom is 0.340 e. The molecule has 0 saturated heterocycles. The number of fused-ring (bicyclic) bond motifs is 1. The molecule has 1 fully saturated rings. The molecule has 8 heteroatoms. The first-order chi connectivity index (χ1) is 19.1. The minimum atomic E-state index is -1.63. The van der Waals surface area contributed by atoms with Crippen LogP contribution in [0.1, 0.15) is 54.3 Å². The van der Waals surface area contributed by atoms with Gasteiger partial charge in [0.15, 0.2) is 12.2 Å². The second-order valence-electron chi connectivity index (χ2n) is 11.1. The number of cyclic esters (lactones) is 1. The van der Waals surface area contributed by atoms with Crippen molar-refractivity contribution in [3.63, 3.8) is 0 Å². The van der Waals surface area contributed by atoms with Crippen LogP contribution in [0.15, 0.2) is 90.3 Å². The van der Waals surface area contributed by atoms with Crippen LogP contribution in [0.3, 0.4) is 0 Å². The second kappa shape index (κ2) is 10.8.